The summed E-state index contributed by atoms with van der Waals surface area (Å²) in [4.78, 5) is 18.1. The molecule has 1 aliphatic heterocycles. The molecule has 0 unspecified atom stereocenters. The lowest BCUT2D eigenvalue weighted by Gasteiger charge is -2.24. The van der Waals surface area contributed by atoms with Crippen LogP contribution in [0.3, 0.4) is 0 Å². The van der Waals surface area contributed by atoms with Crippen molar-refractivity contribution in [3.8, 4) is 56.4 Å². The second kappa shape index (κ2) is 11.7. The van der Waals surface area contributed by atoms with Gasteiger partial charge in [0, 0.05) is 57.6 Å². The minimum absolute atomic E-state index is 0.661. The number of hydrogen-bond acceptors (Lipinski definition) is 5. The first-order valence-electron chi connectivity index (χ1n) is 17.4. The summed E-state index contributed by atoms with van der Waals surface area (Å²) in [5, 5.41) is 7.63. The van der Waals surface area contributed by atoms with Gasteiger partial charge in [0.1, 0.15) is 0 Å². The van der Waals surface area contributed by atoms with Crippen LogP contribution in [0, 0.1) is 0 Å². The Morgan fingerprint density at radius 1 is 0.365 bits per heavy atom. The summed E-state index contributed by atoms with van der Waals surface area (Å²) < 4.78 is 2.50. The van der Waals surface area contributed by atoms with Gasteiger partial charge in [-0.2, -0.15) is 0 Å². The first kappa shape index (κ1) is 29.6. The molecule has 0 amide bonds. The van der Waals surface area contributed by atoms with Crippen molar-refractivity contribution in [3.63, 3.8) is 0 Å². The molecule has 242 valence electrons. The Morgan fingerprint density at radius 3 is 1.94 bits per heavy atom. The standard InChI is InChI=1S/C47H27N3S2/c1-3-11-28(12-4-1)32-24-26-40-43-34(32)17-9-18-36(43)44-37(19-10-20-38(44)51-40)47-49-45(30-14-5-2-6-15-30)48-46(50-47)31-21-23-35-41(27-31)52-39-25-22-29-13-7-8-16-33(29)42(35)39/h1-27H. The van der Waals surface area contributed by atoms with Crippen LogP contribution in [0.15, 0.2) is 174 Å². The second-order valence-electron chi connectivity index (χ2n) is 13.1. The first-order valence-corrected chi connectivity index (χ1v) is 19.0. The van der Waals surface area contributed by atoms with Gasteiger partial charge in [-0.3, -0.25) is 0 Å². The molecule has 11 rings (SSSR count). The molecular formula is C47H27N3S2. The Labute approximate surface area is 308 Å². The van der Waals surface area contributed by atoms with Gasteiger partial charge in [-0.05, 0) is 57.1 Å². The van der Waals surface area contributed by atoms with Crippen LogP contribution < -0.4 is 0 Å². The number of thiophene rings is 1. The lowest BCUT2D eigenvalue weighted by atomic mass is 9.90. The molecular weight excluding hydrogens is 671 g/mol. The maximum Gasteiger partial charge on any atom is 0.164 e. The smallest absolute Gasteiger partial charge is 0.164 e. The predicted octanol–water partition coefficient (Wildman–Crippen LogP) is 13.3. The second-order valence-corrected chi connectivity index (χ2v) is 15.3. The van der Waals surface area contributed by atoms with Gasteiger partial charge in [0.2, 0.25) is 0 Å². The van der Waals surface area contributed by atoms with Crippen LogP contribution >= 0.6 is 23.1 Å². The number of benzene rings is 8. The van der Waals surface area contributed by atoms with Crippen molar-refractivity contribution < 1.29 is 0 Å². The van der Waals surface area contributed by atoms with E-state index in [0.717, 1.165) is 16.7 Å². The van der Waals surface area contributed by atoms with Crippen LogP contribution in [0.2, 0.25) is 0 Å². The van der Waals surface area contributed by atoms with Gasteiger partial charge in [0.05, 0.1) is 0 Å². The average molecular weight is 698 g/mol. The van der Waals surface area contributed by atoms with Crippen LogP contribution in [0.5, 0.6) is 0 Å². The van der Waals surface area contributed by atoms with E-state index < -0.39 is 0 Å². The quantitative estimate of drug-likeness (QED) is 0.183. The number of fused-ring (bicyclic) bond motifs is 7. The van der Waals surface area contributed by atoms with Crippen molar-refractivity contribution in [1.82, 2.24) is 15.0 Å². The fourth-order valence-electron chi connectivity index (χ4n) is 7.76. The monoisotopic (exact) mass is 697 g/mol. The third kappa shape index (κ3) is 4.63. The molecule has 5 heteroatoms. The van der Waals surface area contributed by atoms with Crippen LogP contribution in [-0.4, -0.2) is 15.0 Å². The summed E-state index contributed by atoms with van der Waals surface area (Å²) in [5.74, 6) is 2.00. The molecule has 0 atom stereocenters. The SMILES string of the molecule is c1ccc(-c2nc(-c3ccc4c(c3)sc3ccc5ccccc5c34)nc(-c3cccc4c3-c3cccc5c(-c6ccccc6)ccc(c35)S4)n2)cc1. The summed E-state index contributed by atoms with van der Waals surface area (Å²) in [5.41, 5.74) is 7.76. The van der Waals surface area contributed by atoms with Crippen molar-refractivity contribution in [2.45, 2.75) is 9.79 Å². The van der Waals surface area contributed by atoms with Crippen LogP contribution in [-0.2, 0) is 0 Å². The highest BCUT2D eigenvalue weighted by molar-refractivity contribution is 7.99. The molecule has 0 N–H and O–H groups in total. The molecule has 2 aromatic heterocycles. The molecule has 1 aliphatic rings. The first-order chi connectivity index (χ1) is 25.8. The zero-order chi connectivity index (χ0) is 34.2. The van der Waals surface area contributed by atoms with Gasteiger partial charge in [0.15, 0.2) is 17.5 Å². The summed E-state index contributed by atoms with van der Waals surface area (Å²) in [6, 6.07) is 58.4. The van der Waals surface area contributed by atoms with Gasteiger partial charge >= 0.3 is 0 Å². The molecule has 52 heavy (non-hydrogen) atoms. The van der Waals surface area contributed by atoms with E-state index in [9.17, 15) is 0 Å². The molecule has 8 aromatic carbocycles. The molecule has 3 heterocycles. The van der Waals surface area contributed by atoms with E-state index in [0.29, 0.717) is 17.5 Å². The molecule has 0 saturated carbocycles. The molecule has 0 radical (unpaired) electrons. The zero-order valence-electron chi connectivity index (χ0n) is 27.7. The lowest BCUT2D eigenvalue weighted by Crippen LogP contribution is -2.03. The van der Waals surface area contributed by atoms with Gasteiger partial charge < -0.3 is 0 Å². The zero-order valence-corrected chi connectivity index (χ0v) is 29.4. The van der Waals surface area contributed by atoms with E-state index in [1.54, 1.807) is 0 Å². The molecule has 0 saturated heterocycles. The van der Waals surface area contributed by atoms with E-state index >= 15 is 0 Å². The van der Waals surface area contributed by atoms with Crippen molar-refractivity contribution in [1.29, 1.82) is 0 Å². The highest BCUT2D eigenvalue weighted by Gasteiger charge is 2.25. The fraction of sp³-hybridized carbons (Fsp3) is 0. The van der Waals surface area contributed by atoms with Gasteiger partial charge in [-0.25, -0.2) is 15.0 Å². The van der Waals surface area contributed by atoms with E-state index in [1.807, 2.05) is 41.3 Å². The van der Waals surface area contributed by atoms with E-state index in [2.05, 4.69) is 146 Å². The van der Waals surface area contributed by atoms with Gasteiger partial charge in [-0.15, -0.1) is 11.3 Å². The van der Waals surface area contributed by atoms with Crippen molar-refractivity contribution in [3.05, 3.63) is 164 Å². The maximum absolute atomic E-state index is 5.28. The minimum Gasteiger partial charge on any atom is -0.208 e. The Bertz CT molecular complexity index is 3040. The highest BCUT2D eigenvalue weighted by atomic mass is 32.2. The minimum atomic E-state index is 0.661. The topological polar surface area (TPSA) is 38.7 Å². The van der Waals surface area contributed by atoms with Crippen LogP contribution in [0.25, 0.3) is 98.1 Å². The number of nitrogens with zero attached hydrogens (tertiary/aromatic N) is 3. The summed E-state index contributed by atoms with van der Waals surface area (Å²) in [6.07, 6.45) is 0. The van der Waals surface area contributed by atoms with E-state index in [4.69, 9.17) is 15.0 Å². The number of aromatic nitrogens is 3. The molecule has 0 bridgehead atoms. The molecule has 0 fully saturated rings. The Kier molecular flexibility index (Phi) is 6.66. The summed E-state index contributed by atoms with van der Waals surface area (Å²) in [6.45, 7) is 0. The van der Waals surface area contributed by atoms with E-state index in [1.165, 1.54) is 73.8 Å². The van der Waals surface area contributed by atoms with Gasteiger partial charge in [0.25, 0.3) is 0 Å². The molecule has 0 aliphatic carbocycles. The fourth-order valence-corrected chi connectivity index (χ4v) is 10.1. The predicted molar refractivity (Wildman–Crippen MR) is 219 cm³/mol. The summed E-state index contributed by atoms with van der Waals surface area (Å²) in [7, 11) is 0. The number of hydrogen-bond donors (Lipinski definition) is 0. The molecule has 10 aromatic rings. The lowest BCUT2D eigenvalue weighted by molar-refractivity contribution is 1.07. The number of rotatable bonds is 4. The van der Waals surface area contributed by atoms with Crippen molar-refractivity contribution in [2.24, 2.45) is 0 Å². The Morgan fingerprint density at radius 2 is 1.08 bits per heavy atom. The highest BCUT2D eigenvalue weighted by Crippen LogP contribution is 2.52. The normalized spacial score (nSPS) is 12.2. The maximum atomic E-state index is 5.28. The Balaban J connectivity index is 1.12. The van der Waals surface area contributed by atoms with E-state index in [-0.39, 0.29) is 0 Å². The third-order valence-electron chi connectivity index (χ3n) is 10.1. The van der Waals surface area contributed by atoms with Gasteiger partial charge in [-0.1, -0.05) is 151 Å². The average Bonchev–Trinajstić information content (AvgIpc) is 3.60. The largest absolute Gasteiger partial charge is 0.208 e. The van der Waals surface area contributed by atoms with Crippen LogP contribution in [0.1, 0.15) is 0 Å². The third-order valence-corrected chi connectivity index (χ3v) is 12.4. The van der Waals surface area contributed by atoms with Crippen molar-refractivity contribution in [2.75, 3.05) is 0 Å². The van der Waals surface area contributed by atoms with Crippen molar-refractivity contribution >= 4 is 64.8 Å². The Hall–Kier alpha value is -6.14. The molecule has 0 spiro atoms. The van der Waals surface area contributed by atoms with Crippen LogP contribution in [0.4, 0.5) is 0 Å². The summed E-state index contributed by atoms with van der Waals surface area (Å²) >= 11 is 3.64. The molecule has 3 nitrogen and oxygen atoms in total.